The van der Waals surface area contributed by atoms with Gasteiger partial charge in [-0.1, -0.05) is 6.07 Å². The number of nitro groups is 1. The molecule has 0 bridgehead atoms. The number of nitrogens with zero attached hydrogens (tertiary/aromatic N) is 1. The maximum atomic E-state index is 13.4. The summed E-state index contributed by atoms with van der Waals surface area (Å²) < 4.78 is 18.0. The Kier molecular flexibility index (Phi) is 4.11. The van der Waals surface area contributed by atoms with Crippen LogP contribution in [0.2, 0.25) is 0 Å². The summed E-state index contributed by atoms with van der Waals surface area (Å²) in [4.78, 5) is 20.6. The van der Waals surface area contributed by atoms with E-state index in [4.69, 9.17) is 5.11 Å². The van der Waals surface area contributed by atoms with Crippen molar-refractivity contribution in [1.29, 1.82) is 0 Å². The van der Waals surface area contributed by atoms with E-state index in [1.54, 1.807) is 0 Å². The highest BCUT2D eigenvalue weighted by molar-refractivity contribution is 5.73. The Balaban J connectivity index is 3.12. The van der Waals surface area contributed by atoms with Crippen LogP contribution < -0.4 is 0 Å². The third kappa shape index (κ3) is 2.97. The maximum absolute atomic E-state index is 13.4. The molecule has 1 rings (SSSR count). The molecule has 0 spiro atoms. The molecule has 0 radical (unpaired) electrons. The number of halogens is 1. The van der Waals surface area contributed by atoms with Gasteiger partial charge in [-0.25, -0.2) is 9.18 Å². The van der Waals surface area contributed by atoms with Crippen LogP contribution in [0, 0.1) is 15.9 Å². The van der Waals surface area contributed by atoms with E-state index in [0.29, 0.717) is 0 Å². The van der Waals surface area contributed by atoms with Crippen molar-refractivity contribution in [1.82, 2.24) is 0 Å². The average Bonchev–Trinajstić information content (AvgIpc) is 2.26. The van der Waals surface area contributed by atoms with Crippen LogP contribution >= 0.6 is 0 Å². The normalized spacial score (nSPS) is 12.1. The first-order chi connectivity index (χ1) is 7.97. The third-order valence-corrected chi connectivity index (χ3v) is 2.24. The largest absolute Gasteiger partial charge is 0.479 e. The minimum Gasteiger partial charge on any atom is -0.479 e. The van der Waals surface area contributed by atoms with Crippen LogP contribution in [-0.4, -0.2) is 29.2 Å². The van der Waals surface area contributed by atoms with E-state index in [9.17, 15) is 19.3 Å². The molecule has 92 valence electrons. The van der Waals surface area contributed by atoms with Gasteiger partial charge in [0.05, 0.1) is 10.5 Å². The van der Waals surface area contributed by atoms with E-state index in [1.807, 2.05) is 0 Å². The van der Waals surface area contributed by atoms with Gasteiger partial charge < -0.3 is 9.84 Å². The molecular formula is C10H10FNO5. The van der Waals surface area contributed by atoms with Crippen molar-refractivity contribution < 1.29 is 24.0 Å². The lowest BCUT2D eigenvalue weighted by atomic mass is 10.1. The number of hydrogen-bond donors (Lipinski definition) is 1. The minimum atomic E-state index is -1.31. The van der Waals surface area contributed by atoms with Crippen molar-refractivity contribution >= 4 is 11.7 Å². The van der Waals surface area contributed by atoms with Crippen LogP contribution in [0.1, 0.15) is 5.56 Å². The van der Waals surface area contributed by atoms with Gasteiger partial charge in [0.15, 0.2) is 6.10 Å². The van der Waals surface area contributed by atoms with E-state index in [1.165, 1.54) is 6.07 Å². The predicted octanol–water partition coefficient (Wildman–Crippen LogP) is 1.38. The molecule has 0 aliphatic heterocycles. The Bertz CT molecular complexity index is 448. The quantitative estimate of drug-likeness (QED) is 0.623. The number of methoxy groups -OCH3 is 1. The van der Waals surface area contributed by atoms with Crippen molar-refractivity contribution in [2.24, 2.45) is 0 Å². The zero-order valence-electron chi connectivity index (χ0n) is 8.92. The van der Waals surface area contributed by atoms with Gasteiger partial charge in [-0.2, -0.15) is 0 Å². The molecule has 0 aliphatic carbocycles. The minimum absolute atomic E-state index is 0.272. The van der Waals surface area contributed by atoms with Crippen molar-refractivity contribution in [3.8, 4) is 0 Å². The highest BCUT2D eigenvalue weighted by Crippen LogP contribution is 2.23. The molecule has 0 aliphatic rings. The fourth-order valence-corrected chi connectivity index (χ4v) is 1.38. The summed E-state index contributed by atoms with van der Waals surface area (Å²) in [6.45, 7) is 0. The van der Waals surface area contributed by atoms with Crippen molar-refractivity contribution in [2.75, 3.05) is 7.11 Å². The fraction of sp³-hybridized carbons (Fsp3) is 0.300. The molecule has 17 heavy (non-hydrogen) atoms. The van der Waals surface area contributed by atoms with Crippen LogP contribution in [0.15, 0.2) is 18.2 Å². The number of carboxylic acid groups (broad SMARTS) is 1. The van der Waals surface area contributed by atoms with E-state index in [2.05, 4.69) is 4.74 Å². The molecule has 6 nitrogen and oxygen atoms in total. The Hall–Kier alpha value is -2.02. The van der Waals surface area contributed by atoms with Crippen LogP contribution in [0.5, 0.6) is 0 Å². The zero-order valence-corrected chi connectivity index (χ0v) is 8.92. The molecule has 1 N–H and O–H groups in total. The van der Waals surface area contributed by atoms with E-state index < -0.39 is 34.9 Å². The van der Waals surface area contributed by atoms with Gasteiger partial charge >= 0.3 is 5.97 Å². The Morgan fingerprint density at radius 1 is 1.65 bits per heavy atom. The molecule has 0 fully saturated rings. The Labute approximate surface area is 95.8 Å². The van der Waals surface area contributed by atoms with Crippen molar-refractivity contribution in [2.45, 2.75) is 12.5 Å². The molecule has 1 atom stereocenters. The number of carbonyl (C=O) groups is 1. The van der Waals surface area contributed by atoms with Gasteiger partial charge in [0.1, 0.15) is 5.82 Å². The van der Waals surface area contributed by atoms with E-state index in [0.717, 1.165) is 19.2 Å². The molecule has 0 saturated carbocycles. The molecule has 1 unspecified atom stereocenters. The topological polar surface area (TPSA) is 89.7 Å². The van der Waals surface area contributed by atoms with Crippen LogP contribution in [0.4, 0.5) is 10.1 Å². The molecule has 0 heterocycles. The van der Waals surface area contributed by atoms with Gasteiger partial charge in [-0.05, 0) is 6.07 Å². The number of benzene rings is 1. The second-order valence-corrected chi connectivity index (χ2v) is 3.26. The standard InChI is InChI=1S/C10H10FNO5/c1-17-9(10(13)14)5-6-7(11)3-2-4-8(6)12(15)16/h2-4,9H,5H2,1H3,(H,13,14). The van der Waals surface area contributed by atoms with Crippen molar-refractivity contribution in [3.63, 3.8) is 0 Å². The van der Waals surface area contributed by atoms with Crippen LogP contribution in [0.25, 0.3) is 0 Å². The van der Waals surface area contributed by atoms with Gasteiger partial charge in [-0.3, -0.25) is 10.1 Å². The smallest absolute Gasteiger partial charge is 0.333 e. The van der Waals surface area contributed by atoms with Crippen LogP contribution in [0.3, 0.4) is 0 Å². The predicted molar refractivity (Wildman–Crippen MR) is 55.2 cm³/mol. The lowest BCUT2D eigenvalue weighted by Crippen LogP contribution is -2.25. The fourth-order valence-electron chi connectivity index (χ4n) is 1.38. The van der Waals surface area contributed by atoms with E-state index in [-0.39, 0.29) is 5.56 Å². The van der Waals surface area contributed by atoms with E-state index >= 15 is 0 Å². The monoisotopic (exact) mass is 243 g/mol. The first-order valence-electron chi connectivity index (χ1n) is 4.64. The second kappa shape index (κ2) is 5.35. The van der Waals surface area contributed by atoms with Crippen molar-refractivity contribution in [3.05, 3.63) is 39.7 Å². The average molecular weight is 243 g/mol. The van der Waals surface area contributed by atoms with Gasteiger partial charge in [-0.15, -0.1) is 0 Å². The Morgan fingerprint density at radius 2 is 2.29 bits per heavy atom. The number of hydrogen-bond acceptors (Lipinski definition) is 4. The molecule has 1 aromatic rings. The highest BCUT2D eigenvalue weighted by atomic mass is 19.1. The number of aliphatic carboxylic acids is 1. The summed E-state index contributed by atoms with van der Waals surface area (Å²) in [5.41, 5.74) is -0.722. The number of nitro benzene ring substituents is 1. The van der Waals surface area contributed by atoms with Crippen LogP contribution in [-0.2, 0) is 16.0 Å². The molecule has 7 heteroatoms. The summed E-state index contributed by atoms with van der Waals surface area (Å²) >= 11 is 0. The lowest BCUT2D eigenvalue weighted by Gasteiger charge is -2.10. The summed E-state index contributed by atoms with van der Waals surface area (Å²) in [5.74, 6) is -2.12. The lowest BCUT2D eigenvalue weighted by molar-refractivity contribution is -0.385. The maximum Gasteiger partial charge on any atom is 0.333 e. The summed E-state index contributed by atoms with van der Waals surface area (Å²) in [5, 5.41) is 19.4. The summed E-state index contributed by atoms with van der Waals surface area (Å²) in [6.07, 6.45) is -1.71. The molecule has 1 aromatic carbocycles. The third-order valence-electron chi connectivity index (χ3n) is 2.24. The first kappa shape index (κ1) is 13.0. The number of carboxylic acids is 1. The second-order valence-electron chi connectivity index (χ2n) is 3.26. The molecular weight excluding hydrogens is 233 g/mol. The Morgan fingerprint density at radius 3 is 2.76 bits per heavy atom. The van der Waals surface area contributed by atoms with Gasteiger partial charge in [0.2, 0.25) is 0 Å². The SMILES string of the molecule is COC(Cc1c(F)cccc1[N+](=O)[O-])C(=O)O. The highest BCUT2D eigenvalue weighted by Gasteiger charge is 2.25. The summed E-state index contributed by atoms with van der Waals surface area (Å²) in [6, 6.07) is 3.35. The zero-order chi connectivity index (χ0) is 13.0. The molecule has 0 saturated heterocycles. The molecule has 0 aromatic heterocycles. The first-order valence-corrected chi connectivity index (χ1v) is 4.64. The number of ether oxygens (including phenoxy) is 1. The summed E-state index contributed by atoms with van der Waals surface area (Å²) in [7, 11) is 1.14. The van der Waals surface area contributed by atoms with Gasteiger partial charge in [0, 0.05) is 19.6 Å². The van der Waals surface area contributed by atoms with Gasteiger partial charge in [0.25, 0.3) is 5.69 Å². The number of rotatable bonds is 5. The molecule has 0 amide bonds.